The average Bonchev–Trinajstić information content (AvgIpc) is 2.38. The van der Waals surface area contributed by atoms with Crippen molar-refractivity contribution in [2.75, 3.05) is 5.32 Å². The number of nitrogens with one attached hydrogen (secondary N) is 1. The van der Waals surface area contributed by atoms with Crippen LogP contribution >= 0.6 is 0 Å². The number of nitrogens with zero attached hydrogens (tertiary/aromatic N) is 3. The number of aromatic nitrogens is 3. The number of pyridine rings is 1. The summed E-state index contributed by atoms with van der Waals surface area (Å²) in [5.74, 6) is 1.28. The van der Waals surface area contributed by atoms with Crippen LogP contribution in [-0.2, 0) is 6.54 Å². The van der Waals surface area contributed by atoms with Crippen molar-refractivity contribution in [3.8, 4) is 0 Å². The third-order valence-corrected chi connectivity index (χ3v) is 2.50. The molecule has 0 unspecified atom stereocenters. The fraction of sp³-hybridized carbons (Fsp3) is 0.308. The summed E-state index contributed by atoms with van der Waals surface area (Å²) in [7, 11) is 0. The fourth-order valence-corrected chi connectivity index (χ4v) is 1.48. The van der Waals surface area contributed by atoms with Crippen LogP contribution in [0.2, 0.25) is 0 Å². The maximum atomic E-state index is 4.23. The van der Waals surface area contributed by atoms with E-state index in [0.717, 1.165) is 18.1 Å². The molecule has 2 rings (SSSR count). The van der Waals surface area contributed by atoms with Crippen LogP contribution in [0.5, 0.6) is 0 Å². The molecule has 0 saturated heterocycles. The van der Waals surface area contributed by atoms with Gasteiger partial charge in [0.05, 0.1) is 0 Å². The van der Waals surface area contributed by atoms with E-state index in [1.165, 1.54) is 5.56 Å². The van der Waals surface area contributed by atoms with E-state index in [4.69, 9.17) is 0 Å². The Morgan fingerprint density at radius 2 is 1.94 bits per heavy atom. The molecule has 0 aliphatic rings. The SMILES string of the molecule is CC(C)c1cc(NCc2ccncc2)ncn1. The molecule has 0 aromatic carbocycles. The van der Waals surface area contributed by atoms with Crippen molar-refractivity contribution >= 4 is 5.82 Å². The summed E-state index contributed by atoms with van der Waals surface area (Å²) >= 11 is 0. The van der Waals surface area contributed by atoms with Gasteiger partial charge >= 0.3 is 0 Å². The predicted molar refractivity (Wildman–Crippen MR) is 67.7 cm³/mol. The fourth-order valence-electron chi connectivity index (χ4n) is 1.48. The maximum Gasteiger partial charge on any atom is 0.129 e. The highest BCUT2D eigenvalue weighted by molar-refractivity contribution is 5.36. The van der Waals surface area contributed by atoms with Gasteiger partial charge in [-0.05, 0) is 23.6 Å². The first-order valence-electron chi connectivity index (χ1n) is 5.70. The number of hydrogen-bond donors (Lipinski definition) is 1. The van der Waals surface area contributed by atoms with Crippen LogP contribution in [0.25, 0.3) is 0 Å². The van der Waals surface area contributed by atoms with Gasteiger partial charge in [-0.25, -0.2) is 9.97 Å². The van der Waals surface area contributed by atoms with E-state index in [9.17, 15) is 0 Å². The molecule has 0 bridgehead atoms. The molecular formula is C13H16N4. The van der Waals surface area contributed by atoms with E-state index < -0.39 is 0 Å². The van der Waals surface area contributed by atoms with Gasteiger partial charge in [-0.1, -0.05) is 13.8 Å². The quantitative estimate of drug-likeness (QED) is 0.874. The zero-order valence-corrected chi connectivity index (χ0v) is 10.1. The molecule has 88 valence electrons. The van der Waals surface area contributed by atoms with Crippen molar-refractivity contribution in [2.24, 2.45) is 0 Å². The minimum Gasteiger partial charge on any atom is -0.366 e. The molecule has 0 radical (unpaired) electrons. The van der Waals surface area contributed by atoms with Crippen molar-refractivity contribution in [1.82, 2.24) is 15.0 Å². The third kappa shape index (κ3) is 3.24. The van der Waals surface area contributed by atoms with Crippen LogP contribution in [0.15, 0.2) is 36.9 Å². The first-order chi connectivity index (χ1) is 8.25. The standard InChI is InChI=1S/C13H16N4/c1-10(2)12-7-13(17-9-16-12)15-8-11-3-5-14-6-4-11/h3-7,9-10H,8H2,1-2H3,(H,15,16,17). The molecule has 1 N–H and O–H groups in total. The molecule has 0 saturated carbocycles. The summed E-state index contributed by atoms with van der Waals surface area (Å²) in [5.41, 5.74) is 2.24. The molecule has 2 aromatic rings. The van der Waals surface area contributed by atoms with Crippen molar-refractivity contribution in [1.29, 1.82) is 0 Å². The highest BCUT2D eigenvalue weighted by atomic mass is 15.0. The van der Waals surface area contributed by atoms with Crippen molar-refractivity contribution < 1.29 is 0 Å². The Morgan fingerprint density at radius 3 is 2.65 bits per heavy atom. The van der Waals surface area contributed by atoms with Crippen molar-refractivity contribution in [3.63, 3.8) is 0 Å². The Kier molecular flexibility index (Phi) is 3.65. The van der Waals surface area contributed by atoms with Gasteiger partial charge in [0.15, 0.2) is 0 Å². The van der Waals surface area contributed by atoms with Crippen LogP contribution < -0.4 is 5.32 Å². The summed E-state index contributed by atoms with van der Waals surface area (Å²) in [4.78, 5) is 12.4. The Labute approximate surface area is 101 Å². The van der Waals surface area contributed by atoms with E-state index in [1.807, 2.05) is 18.2 Å². The molecule has 0 spiro atoms. The topological polar surface area (TPSA) is 50.7 Å². The van der Waals surface area contributed by atoms with Crippen LogP contribution in [0.3, 0.4) is 0 Å². The summed E-state index contributed by atoms with van der Waals surface area (Å²) in [6.07, 6.45) is 5.18. The van der Waals surface area contributed by atoms with Crippen LogP contribution in [0, 0.1) is 0 Å². The molecule has 0 atom stereocenters. The predicted octanol–water partition coefficient (Wildman–Crippen LogP) is 2.61. The maximum absolute atomic E-state index is 4.23. The third-order valence-electron chi connectivity index (χ3n) is 2.50. The second-order valence-corrected chi connectivity index (χ2v) is 4.19. The molecule has 0 fully saturated rings. The van der Waals surface area contributed by atoms with Crippen LogP contribution in [0.1, 0.15) is 31.0 Å². The minimum atomic E-state index is 0.416. The Balaban J connectivity index is 2.02. The first kappa shape index (κ1) is 11.5. The lowest BCUT2D eigenvalue weighted by Gasteiger charge is -2.08. The van der Waals surface area contributed by atoms with Gasteiger partial charge in [-0.2, -0.15) is 0 Å². The lowest BCUT2D eigenvalue weighted by Crippen LogP contribution is -2.03. The van der Waals surface area contributed by atoms with Gasteiger partial charge in [0.25, 0.3) is 0 Å². The number of hydrogen-bond acceptors (Lipinski definition) is 4. The lowest BCUT2D eigenvalue weighted by molar-refractivity contribution is 0.813. The zero-order valence-electron chi connectivity index (χ0n) is 10.1. The van der Waals surface area contributed by atoms with E-state index in [2.05, 4.69) is 34.1 Å². The summed E-state index contributed by atoms with van der Waals surface area (Å²) in [6.45, 7) is 4.99. The van der Waals surface area contributed by atoms with Crippen LogP contribution in [-0.4, -0.2) is 15.0 Å². The molecule has 0 aliphatic heterocycles. The average molecular weight is 228 g/mol. The van der Waals surface area contributed by atoms with E-state index in [1.54, 1.807) is 18.7 Å². The van der Waals surface area contributed by atoms with Gasteiger partial charge in [0, 0.05) is 30.7 Å². The Bertz CT molecular complexity index is 468. The zero-order chi connectivity index (χ0) is 12.1. The first-order valence-corrected chi connectivity index (χ1v) is 5.70. The summed E-state index contributed by atoms with van der Waals surface area (Å²) in [5, 5.41) is 3.28. The minimum absolute atomic E-state index is 0.416. The van der Waals surface area contributed by atoms with Gasteiger partial charge < -0.3 is 5.32 Å². The smallest absolute Gasteiger partial charge is 0.129 e. The molecule has 4 heteroatoms. The summed E-state index contributed by atoms with van der Waals surface area (Å²) < 4.78 is 0. The highest BCUT2D eigenvalue weighted by Gasteiger charge is 2.02. The molecular weight excluding hydrogens is 212 g/mol. The van der Waals surface area contributed by atoms with Gasteiger partial charge in [0.2, 0.25) is 0 Å². The van der Waals surface area contributed by atoms with E-state index in [-0.39, 0.29) is 0 Å². The van der Waals surface area contributed by atoms with E-state index in [0.29, 0.717) is 5.92 Å². The molecule has 2 aromatic heterocycles. The highest BCUT2D eigenvalue weighted by Crippen LogP contribution is 2.14. The van der Waals surface area contributed by atoms with Crippen molar-refractivity contribution in [3.05, 3.63) is 48.2 Å². The molecule has 0 aliphatic carbocycles. The Hall–Kier alpha value is -1.97. The second-order valence-electron chi connectivity index (χ2n) is 4.19. The summed E-state index contributed by atoms with van der Waals surface area (Å²) in [6, 6.07) is 5.96. The van der Waals surface area contributed by atoms with E-state index >= 15 is 0 Å². The Morgan fingerprint density at radius 1 is 1.18 bits per heavy atom. The lowest BCUT2D eigenvalue weighted by atomic mass is 10.1. The molecule has 2 heterocycles. The van der Waals surface area contributed by atoms with Gasteiger partial charge in [-0.15, -0.1) is 0 Å². The monoisotopic (exact) mass is 228 g/mol. The largest absolute Gasteiger partial charge is 0.366 e. The van der Waals surface area contributed by atoms with Crippen molar-refractivity contribution in [2.45, 2.75) is 26.3 Å². The van der Waals surface area contributed by atoms with Gasteiger partial charge in [0.1, 0.15) is 12.1 Å². The number of rotatable bonds is 4. The van der Waals surface area contributed by atoms with Crippen LogP contribution in [0.4, 0.5) is 5.82 Å². The van der Waals surface area contributed by atoms with Gasteiger partial charge in [-0.3, -0.25) is 4.98 Å². The number of anilines is 1. The molecule has 4 nitrogen and oxygen atoms in total. The molecule has 0 amide bonds. The normalized spacial score (nSPS) is 10.5. The molecule has 17 heavy (non-hydrogen) atoms. The second kappa shape index (κ2) is 5.39.